The lowest BCUT2D eigenvalue weighted by molar-refractivity contribution is -0.161. The van der Waals surface area contributed by atoms with E-state index in [1.54, 1.807) is 31.2 Å². The summed E-state index contributed by atoms with van der Waals surface area (Å²) in [5.41, 5.74) is -0.146. The van der Waals surface area contributed by atoms with Crippen molar-refractivity contribution in [1.29, 1.82) is 0 Å². The van der Waals surface area contributed by atoms with Gasteiger partial charge in [-0.1, -0.05) is 24.2 Å². The molecule has 1 aliphatic carbocycles. The van der Waals surface area contributed by atoms with Gasteiger partial charge in [0.1, 0.15) is 17.3 Å². The summed E-state index contributed by atoms with van der Waals surface area (Å²) in [5, 5.41) is 4.00. The van der Waals surface area contributed by atoms with E-state index in [9.17, 15) is 14.0 Å². The van der Waals surface area contributed by atoms with E-state index in [1.807, 2.05) is 4.90 Å². The maximum absolute atomic E-state index is 14.1. The van der Waals surface area contributed by atoms with Crippen LogP contribution in [-0.4, -0.2) is 41.6 Å². The third kappa shape index (κ3) is 3.98. The number of benzene rings is 1. The molecule has 4 rings (SSSR count). The van der Waals surface area contributed by atoms with Gasteiger partial charge in [-0.25, -0.2) is 4.39 Å². The fraction of sp³-hybridized carbons (Fsp3) is 0.522. The first-order valence-corrected chi connectivity index (χ1v) is 10.6. The Balaban J connectivity index is 1.58. The average molecular weight is 414 g/mol. The summed E-state index contributed by atoms with van der Waals surface area (Å²) in [5.74, 6) is 0.381. The zero-order valence-corrected chi connectivity index (χ0v) is 17.4. The average Bonchev–Trinajstić information content (AvgIpc) is 3.29. The molecule has 1 aromatic carbocycles. The first-order valence-electron chi connectivity index (χ1n) is 10.6. The van der Waals surface area contributed by atoms with Crippen LogP contribution >= 0.6 is 0 Å². The van der Waals surface area contributed by atoms with Crippen LogP contribution < -0.4 is 0 Å². The number of likely N-dealkylation sites (tertiary alicyclic amines) is 1. The van der Waals surface area contributed by atoms with Crippen molar-refractivity contribution in [2.24, 2.45) is 17.3 Å². The molecule has 0 unspecified atom stereocenters. The maximum Gasteiger partial charge on any atom is 0.314 e. The molecule has 2 aliphatic rings. The highest BCUT2D eigenvalue weighted by Gasteiger charge is 2.49. The minimum atomic E-state index is -0.881. The number of esters is 1. The van der Waals surface area contributed by atoms with Gasteiger partial charge in [0, 0.05) is 37.1 Å². The third-order valence-corrected chi connectivity index (χ3v) is 6.25. The molecular formula is C23H27FN2O4. The summed E-state index contributed by atoms with van der Waals surface area (Å²) in [4.78, 5) is 27.6. The molecule has 0 bridgehead atoms. The smallest absolute Gasteiger partial charge is 0.314 e. The summed E-state index contributed by atoms with van der Waals surface area (Å²) >= 11 is 0. The van der Waals surface area contributed by atoms with E-state index in [2.05, 4.69) is 12.1 Å². The molecule has 1 aliphatic heterocycles. The predicted octanol–water partition coefficient (Wildman–Crippen LogP) is 3.85. The molecule has 2 aromatic rings. The summed E-state index contributed by atoms with van der Waals surface area (Å²) in [6.45, 7) is 5.08. The van der Waals surface area contributed by atoms with Crippen LogP contribution in [0.15, 0.2) is 34.9 Å². The number of piperidine rings is 1. The molecular weight excluding hydrogens is 387 g/mol. The highest BCUT2D eigenvalue weighted by Crippen LogP contribution is 2.42. The van der Waals surface area contributed by atoms with Crippen molar-refractivity contribution in [3.05, 3.63) is 41.9 Å². The molecule has 1 aromatic heterocycles. The number of aromatic nitrogens is 1. The Morgan fingerprint density at radius 1 is 1.37 bits per heavy atom. The zero-order valence-electron chi connectivity index (χ0n) is 17.4. The number of amides is 1. The van der Waals surface area contributed by atoms with E-state index in [0.29, 0.717) is 42.4 Å². The fourth-order valence-corrected chi connectivity index (χ4v) is 4.41. The predicted molar refractivity (Wildman–Crippen MR) is 108 cm³/mol. The maximum atomic E-state index is 14.1. The van der Waals surface area contributed by atoms with Gasteiger partial charge in [-0.3, -0.25) is 9.59 Å². The minimum absolute atomic E-state index is 0.0703. The standard InChI is InChI=1S/C23H27FN2O4/c1-3-29-22(28)23(9-6-10-26(14-23)21(27)18-11-15(18)2)13-16-12-20(25-30-16)17-7-4-5-8-19(17)24/h4-5,7-8,12,15,18H,3,6,9-11,13-14H2,1-2H3/t15-,18-,23+/m1/s1. The number of halogens is 1. The summed E-state index contributed by atoms with van der Waals surface area (Å²) in [6, 6.07) is 8.02. The van der Waals surface area contributed by atoms with Crippen LogP contribution in [0.4, 0.5) is 4.39 Å². The first-order chi connectivity index (χ1) is 14.4. The van der Waals surface area contributed by atoms with Gasteiger partial charge in [-0.15, -0.1) is 0 Å². The second-order valence-electron chi connectivity index (χ2n) is 8.52. The van der Waals surface area contributed by atoms with Crippen LogP contribution in [0.3, 0.4) is 0 Å². The van der Waals surface area contributed by atoms with Gasteiger partial charge in [-0.2, -0.15) is 0 Å². The monoisotopic (exact) mass is 414 g/mol. The largest absolute Gasteiger partial charge is 0.466 e. The Labute approximate surface area is 175 Å². The van der Waals surface area contributed by atoms with Crippen LogP contribution in [0.1, 0.15) is 38.9 Å². The van der Waals surface area contributed by atoms with Gasteiger partial charge in [0.2, 0.25) is 5.91 Å². The number of nitrogens with zero attached hydrogens (tertiary/aromatic N) is 2. The van der Waals surface area contributed by atoms with Gasteiger partial charge in [0.05, 0.1) is 12.0 Å². The van der Waals surface area contributed by atoms with E-state index in [0.717, 1.165) is 12.8 Å². The fourth-order valence-electron chi connectivity index (χ4n) is 4.41. The van der Waals surface area contributed by atoms with Gasteiger partial charge in [-0.05, 0) is 44.2 Å². The van der Waals surface area contributed by atoms with Gasteiger partial charge < -0.3 is 14.2 Å². The SMILES string of the molecule is CCOC(=O)[C@]1(Cc2cc(-c3ccccc3F)no2)CCCN(C(=O)[C@@H]2C[C@H]2C)C1. The Hall–Kier alpha value is -2.70. The lowest BCUT2D eigenvalue weighted by Gasteiger charge is -2.40. The zero-order chi connectivity index (χ0) is 21.3. The van der Waals surface area contributed by atoms with Crippen molar-refractivity contribution in [2.45, 2.75) is 39.5 Å². The molecule has 0 radical (unpaired) electrons. The summed E-state index contributed by atoms with van der Waals surface area (Å²) in [7, 11) is 0. The number of carbonyl (C=O) groups is 2. The van der Waals surface area contributed by atoms with Crippen molar-refractivity contribution in [3.63, 3.8) is 0 Å². The summed E-state index contributed by atoms with van der Waals surface area (Å²) < 4.78 is 25.0. The second-order valence-corrected chi connectivity index (χ2v) is 8.52. The van der Waals surface area contributed by atoms with Crippen molar-refractivity contribution in [1.82, 2.24) is 10.1 Å². The number of ether oxygens (including phenoxy) is 1. The van der Waals surface area contributed by atoms with Crippen LogP contribution in [0.5, 0.6) is 0 Å². The number of carbonyl (C=O) groups excluding carboxylic acids is 2. The van der Waals surface area contributed by atoms with Crippen molar-refractivity contribution in [2.75, 3.05) is 19.7 Å². The molecule has 1 saturated heterocycles. The summed E-state index contributed by atoms with van der Waals surface area (Å²) in [6.07, 6.45) is 2.50. The molecule has 7 heteroatoms. The molecule has 1 saturated carbocycles. The van der Waals surface area contributed by atoms with E-state index in [4.69, 9.17) is 9.26 Å². The topological polar surface area (TPSA) is 72.6 Å². The van der Waals surface area contributed by atoms with Crippen molar-refractivity contribution in [3.8, 4) is 11.3 Å². The molecule has 3 atom stereocenters. The van der Waals surface area contributed by atoms with Gasteiger partial charge in [0.25, 0.3) is 0 Å². The van der Waals surface area contributed by atoms with Crippen LogP contribution in [0.2, 0.25) is 0 Å². The molecule has 160 valence electrons. The number of rotatable bonds is 6. The Morgan fingerprint density at radius 3 is 2.83 bits per heavy atom. The molecule has 1 amide bonds. The molecule has 0 N–H and O–H groups in total. The molecule has 2 fully saturated rings. The lowest BCUT2D eigenvalue weighted by atomic mass is 9.76. The highest BCUT2D eigenvalue weighted by atomic mass is 19.1. The quantitative estimate of drug-likeness (QED) is 0.672. The molecule has 2 heterocycles. The van der Waals surface area contributed by atoms with E-state index in [1.165, 1.54) is 6.07 Å². The Kier molecular flexibility index (Phi) is 5.62. The van der Waals surface area contributed by atoms with E-state index < -0.39 is 5.41 Å². The van der Waals surface area contributed by atoms with E-state index >= 15 is 0 Å². The molecule has 30 heavy (non-hydrogen) atoms. The second kappa shape index (κ2) is 8.20. The highest BCUT2D eigenvalue weighted by molar-refractivity contribution is 5.84. The van der Waals surface area contributed by atoms with E-state index in [-0.39, 0.29) is 36.6 Å². The Bertz CT molecular complexity index is 943. The van der Waals surface area contributed by atoms with Gasteiger partial charge >= 0.3 is 5.97 Å². The van der Waals surface area contributed by atoms with Gasteiger partial charge in [0.15, 0.2) is 0 Å². The molecule has 6 nitrogen and oxygen atoms in total. The van der Waals surface area contributed by atoms with Crippen molar-refractivity contribution >= 4 is 11.9 Å². The first kappa shape index (κ1) is 20.6. The van der Waals surface area contributed by atoms with Crippen LogP contribution in [0, 0.1) is 23.1 Å². The lowest BCUT2D eigenvalue weighted by Crippen LogP contribution is -2.52. The number of hydrogen-bond donors (Lipinski definition) is 0. The Morgan fingerprint density at radius 2 is 2.13 bits per heavy atom. The normalized spacial score (nSPS) is 25.8. The van der Waals surface area contributed by atoms with Crippen molar-refractivity contribution < 1.29 is 23.2 Å². The molecule has 0 spiro atoms. The van der Waals surface area contributed by atoms with Crippen LogP contribution in [0.25, 0.3) is 11.3 Å². The van der Waals surface area contributed by atoms with Crippen LogP contribution in [-0.2, 0) is 20.7 Å². The third-order valence-electron chi connectivity index (χ3n) is 6.25. The minimum Gasteiger partial charge on any atom is -0.466 e. The number of hydrogen-bond acceptors (Lipinski definition) is 5.